The Bertz CT molecular complexity index is 1030. The zero-order chi connectivity index (χ0) is 21.1. The van der Waals surface area contributed by atoms with E-state index in [1.165, 1.54) is 16.5 Å². The van der Waals surface area contributed by atoms with Crippen molar-refractivity contribution in [1.29, 1.82) is 0 Å². The van der Waals surface area contributed by atoms with Gasteiger partial charge in [-0.05, 0) is 49.1 Å². The van der Waals surface area contributed by atoms with E-state index < -0.39 is 0 Å². The molecule has 6 nitrogen and oxygen atoms in total. The van der Waals surface area contributed by atoms with Gasteiger partial charge in [0.2, 0.25) is 0 Å². The predicted octanol–water partition coefficient (Wildman–Crippen LogP) is 4.18. The molecule has 2 N–H and O–H groups in total. The summed E-state index contributed by atoms with van der Waals surface area (Å²) in [6.07, 6.45) is 1.60. The Hall–Kier alpha value is -2.99. The number of nitrogens with one attached hydrogen (secondary N) is 2. The van der Waals surface area contributed by atoms with E-state index in [9.17, 15) is 4.79 Å². The van der Waals surface area contributed by atoms with Crippen molar-refractivity contribution < 1.29 is 14.3 Å². The molecule has 1 aliphatic rings. The largest absolute Gasteiger partial charge is 0.497 e. The maximum atomic E-state index is 13.1. The molecule has 1 aromatic heterocycles. The normalized spacial score (nSPS) is 15.8. The van der Waals surface area contributed by atoms with Gasteiger partial charge < -0.3 is 24.7 Å². The molecular weight excluding hydrogens is 378 g/mol. The van der Waals surface area contributed by atoms with Crippen LogP contribution in [0.15, 0.2) is 42.5 Å². The number of hydrogen-bond acceptors (Lipinski definition) is 3. The molecule has 0 radical (unpaired) electrons. The Morgan fingerprint density at radius 2 is 2.00 bits per heavy atom. The van der Waals surface area contributed by atoms with Crippen LogP contribution in [0, 0.1) is 6.92 Å². The highest BCUT2D eigenvalue weighted by Gasteiger charge is 2.34. The summed E-state index contributed by atoms with van der Waals surface area (Å²) in [5, 5.41) is 4.22. The fraction of sp³-hybridized carbons (Fsp3) is 0.375. The van der Waals surface area contributed by atoms with Crippen LogP contribution in [0.5, 0.6) is 5.75 Å². The van der Waals surface area contributed by atoms with Gasteiger partial charge in [0.15, 0.2) is 0 Å². The number of nitrogens with zero attached hydrogens (tertiary/aromatic N) is 1. The fourth-order valence-electron chi connectivity index (χ4n) is 4.22. The molecule has 30 heavy (non-hydrogen) atoms. The first-order chi connectivity index (χ1) is 14.6. The summed E-state index contributed by atoms with van der Waals surface area (Å²) >= 11 is 0. The number of H-pyrrole nitrogens is 1. The number of aryl methyl sites for hydroxylation is 1. The quantitative estimate of drug-likeness (QED) is 0.603. The van der Waals surface area contributed by atoms with Crippen LogP contribution < -0.4 is 10.1 Å². The lowest BCUT2D eigenvalue weighted by atomic mass is 9.92. The second-order valence-electron chi connectivity index (χ2n) is 7.76. The van der Waals surface area contributed by atoms with Gasteiger partial charge in [0.05, 0.1) is 13.2 Å². The maximum Gasteiger partial charge on any atom is 0.318 e. The predicted molar refractivity (Wildman–Crippen MR) is 118 cm³/mol. The van der Waals surface area contributed by atoms with Crippen LogP contribution in [-0.2, 0) is 11.2 Å². The Morgan fingerprint density at radius 1 is 1.20 bits per heavy atom. The number of carbonyl (C=O) groups is 1. The Labute approximate surface area is 177 Å². The van der Waals surface area contributed by atoms with Crippen LogP contribution in [0.4, 0.5) is 4.79 Å². The van der Waals surface area contributed by atoms with Gasteiger partial charge in [-0.2, -0.15) is 0 Å². The van der Waals surface area contributed by atoms with E-state index in [1.54, 1.807) is 14.2 Å². The van der Waals surface area contributed by atoms with Gasteiger partial charge in [0.25, 0.3) is 0 Å². The van der Waals surface area contributed by atoms with Crippen LogP contribution in [0.25, 0.3) is 10.9 Å². The number of rotatable bonds is 6. The van der Waals surface area contributed by atoms with E-state index in [2.05, 4.69) is 47.6 Å². The van der Waals surface area contributed by atoms with E-state index in [0.717, 1.165) is 35.4 Å². The second-order valence-corrected chi connectivity index (χ2v) is 7.76. The number of methoxy groups -OCH3 is 2. The summed E-state index contributed by atoms with van der Waals surface area (Å²) < 4.78 is 10.5. The highest BCUT2D eigenvalue weighted by Crippen LogP contribution is 2.39. The van der Waals surface area contributed by atoms with Gasteiger partial charge in [0, 0.05) is 43.4 Å². The van der Waals surface area contributed by atoms with Gasteiger partial charge in [-0.3, -0.25) is 0 Å². The van der Waals surface area contributed by atoms with Gasteiger partial charge in [-0.25, -0.2) is 4.79 Å². The lowest BCUT2D eigenvalue weighted by Crippen LogP contribution is -2.46. The third-order valence-corrected chi connectivity index (χ3v) is 5.79. The van der Waals surface area contributed by atoms with Crippen molar-refractivity contribution in [3.05, 3.63) is 64.8 Å². The van der Waals surface area contributed by atoms with Gasteiger partial charge >= 0.3 is 6.03 Å². The molecule has 2 heterocycles. The van der Waals surface area contributed by atoms with E-state index >= 15 is 0 Å². The minimum Gasteiger partial charge on any atom is -0.497 e. The second kappa shape index (κ2) is 8.79. The Kier molecular flexibility index (Phi) is 5.95. The van der Waals surface area contributed by atoms with Gasteiger partial charge in [0.1, 0.15) is 5.75 Å². The zero-order valence-corrected chi connectivity index (χ0v) is 17.8. The summed E-state index contributed by atoms with van der Waals surface area (Å²) in [5.41, 5.74) is 5.72. The van der Waals surface area contributed by atoms with E-state index in [4.69, 9.17) is 9.47 Å². The number of ether oxygens (including phenoxy) is 2. The van der Waals surface area contributed by atoms with Crippen LogP contribution in [-0.4, -0.2) is 49.8 Å². The summed E-state index contributed by atoms with van der Waals surface area (Å²) in [4.78, 5) is 18.6. The lowest BCUT2D eigenvalue weighted by Gasteiger charge is -2.36. The standard InChI is InChI=1S/C24H29N3O3/c1-16-5-7-17(8-6-16)23-22-19(20-15-18(30-3)9-10-21(20)26-22)11-13-27(23)24(28)25-12-4-14-29-2/h5-10,15,23,26H,4,11-14H2,1-3H3,(H,25,28)/t23-/m0/s1. The number of amides is 2. The molecule has 3 aromatic rings. The minimum absolute atomic E-state index is 0.0430. The van der Waals surface area contributed by atoms with E-state index in [0.29, 0.717) is 19.7 Å². The van der Waals surface area contributed by atoms with Crippen LogP contribution in [0.1, 0.15) is 34.8 Å². The third-order valence-electron chi connectivity index (χ3n) is 5.79. The van der Waals surface area contributed by atoms with Gasteiger partial charge in [-0.1, -0.05) is 29.8 Å². The number of aromatic nitrogens is 1. The SMILES string of the molecule is COCCCNC(=O)N1CCc2c([nH]c3ccc(OC)cc23)[C@@H]1c1ccc(C)cc1. The molecule has 1 aliphatic heterocycles. The number of benzene rings is 2. The first kappa shape index (κ1) is 20.3. The highest BCUT2D eigenvalue weighted by molar-refractivity contribution is 5.87. The molecule has 0 bridgehead atoms. The summed E-state index contributed by atoms with van der Waals surface area (Å²) in [6, 6.07) is 14.3. The summed E-state index contributed by atoms with van der Waals surface area (Å²) in [6.45, 7) is 3.97. The van der Waals surface area contributed by atoms with E-state index in [-0.39, 0.29) is 12.1 Å². The molecule has 158 valence electrons. The maximum absolute atomic E-state index is 13.1. The number of urea groups is 1. The molecule has 0 aliphatic carbocycles. The van der Waals surface area contributed by atoms with Crippen molar-refractivity contribution in [2.75, 3.05) is 33.9 Å². The minimum atomic E-state index is -0.157. The number of fused-ring (bicyclic) bond motifs is 3. The van der Waals surface area contributed by atoms with Crippen LogP contribution in [0.3, 0.4) is 0 Å². The van der Waals surface area contributed by atoms with Crippen molar-refractivity contribution in [2.45, 2.75) is 25.8 Å². The molecule has 6 heteroatoms. The number of aromatic amines is 1. The molecule has 0 unspecified atom stereocenters. The number of carbonyl (C=O) groups excluding carboxylic acids is 1. The smallest absolute Gasteiger partial charge is 0.318 e. The average molecular weight is 408 g/mol. The summed E-state index contributed by atoms with van der Waals surface area (Å²) in [7, 11) is 3.36. The molecule has 0 spiro atoms. The fourth-order valence-corrected chi connectivity index (χ4v) is 4.22. The third kappa shape index (κ3) is 3.87. The molecule has 2 aromatic carbocycles. The molecule has 4 rings (SSSR count). The molecule has 0 saturated heterocycles. The van der Waals surface area contributed by atoms with Crippen molar-refractivity contribution >= 4 is 16.9 Å². The molecule has 0 fully saturated rings. The Balaban J connectivity index is 1.72. The van der Waals surface area contributed by atoms with Crippen molar-refractivity contribution in [3.8, 4) is 5.75 Å². The molecule has 0 saturated carbocycles. The molecular formula is C24H29N3O3. The first-order valence-electron chi connectivity index (χ1n) is 10.4. The lowest BCUT2D eigenvalue weighted by molar-refractivity contribution is 0.173. The molecule has 2 amide bonds. The van der Waals surface area contributed by atoms with Crippen molar-refractivity contribution in [3.63, 3.8) is 0 Å². The first-order valence-corrected chi connectivity index (χ1v) is 10.4. The van der Waals surface area contributed by atoms with E-state index in [1.807, 2.05) is 17.0 Å². The van der Waals surface area contributed by atoms with Crippen LogP contribution >= 0.6 is 0 Å². The summed E-state index contributed by atoms with van der Waals surface area (Å²) in [5.74, 6) is 0.842. The van der Waals surface area contributed by atoms with Crippen molar-refractivity contribution in [1.82, 2.24) is 15.2 Å². The molecule has 1 atom stereocenters. The topological polar surface area (TPSA) is 66.6 Å². The van der Waals surface area contributed by atoms with Crippen LogP contribution in [0.2, 0.25) is 0 Å². The number of hydrogen-bond donors (Lipinski definition) is 2. The van der Waals surface area contributed by atoms with Gasteiger partial charge in [-0.15, -0.1) is 0 Å². The monoisotopic (exact) mass is 407 g/mol. The van der Waals surface area contributed by atoms with Crippen molar-refractivity contribution in [2.24, 2.45) is 0 Å². The zero-order valence-electron chi connectivity index (χ0n) is 17.8. The highest BCUT2D eigenvalue weighted by atomic mass is 16.5. The Morgan fingerprint density at radius 3 is 2.73 bits per heavy atom. The average Bonchev–Trinajstić information content (AvgIpc) is 3.14.